The maximum absolute atomic E-state index is 13.0. The van der Waals surface area contributed by atoms with Crippen LogP contribution in [-0.4, -0.2) is 52.2 Å². The zero-order chi connectivity index (χ0) is 31.7. The zero-order valence-electron chi connectivity index (χ0n) is 26.4. The molecule has 0 atom stereocenters. The second-order valence-corrected chi connectivity index (χ2v) is 11.0. The maximum atomic E-state index is 13.0. The van der Waals surface area contributed by atoms with Gasteiger partial charge in [0, 0.05) is 12.3 Å². The molecule has 0 saturated heterocycles. The normalized spacial score (nSPS) is 11.5. The molecule has 0 unspecified atom stereocenters. The minimum atomic E-state index is -4.46. The molecule has 44 heavy (non-hydrogen) atoms. The van der Waals surface area contributed by atoms with Gasteiger partial charge in [0.15, 0.2) is 0 Å². The highest BCUT2D eigenvalue weighted by Gasteiger charge is 2.30. The van der Waals surface area contributed by atoms with Gasteiger partial charge >= 0.3 is 12.1 Å². The van der Waals surface area contributed by atoms with Crippen LogP contribution in [0.15, 0.2) is 48.5 Å². The van der Waals surface area contributed by atoms with E-state index in [-0.39, 0.29) is 24.5 Å². The van der Waals surface area contributed by atoms with Crippen LogP contribution < -0.4 is 5.32 Å². The number of anilines is 2. The van der Waals surface area contributed by atoms with E-state index in [1.807, 2.05) is 0 Å². The third kappa shape index (κ3) is 17.6. The predicted octanol–water partition coefficient (Wildman–Crippen LogP) is 9.75. The third-order valence-corrected chi connectivity index (χ3v) is 7.21. The molecule has 0 heterocycles. The zero-order valence-corrected chi connectivity index (χ0v) is 26.4. The second kappa shape index (κ2) is 23.7. The molecule has 1 N–H and O–H groups in total. The van der Waals surface area contributed by atoms with Gasteiger partial charge in [0.05, 0.1) is 49.8 Å². The van der Waals surface area contributed by atoms with E-state index in [1.54, 1.807) is 24.3 Å². The van der Waals surface area contributed by atoms with Crippen LogP contribution in [0.25, 0.3) is 0 Å². The molecule has 6 nitrogen and oxygen atoms in total. The van der Waals surface area contributed by atoms with Crippen LogP contribution in [0.4, 0.5) is 24.5 Å². The van der Waals surface area contributed by atoms with Gasteiger partial charge in [-0.1, -0.05) is 102 Å². The molecule has 0 radical (unpaired) electrons. The van der Waals surface area contributed by atoms with Crippen molar-refractivity contribution < 1.29 is 36.9 Å². The number of hydrogen-bond donors (Lipinski definition) is 1. The summed E-state index contributed by atoms with van der Waals surface area (Å²) < 4.78 is 61.0. The number of halogens is 3. The van der Waals surface area contributed by atoms with Crippen molar-refractivity contribution in [3.05, 3.63) is 59.7 Å². The van der Waals surface area contributed by atoms with Gasteiger partial charge in [-0.25, -0.2) is 4.79 Å². The van der Waals surface area contributed by atoms with Crippen LogP contribution in [0.5, 0.6) is 0 Å². The van der Waals surface area contributed by atoms with E-state index in [0.717, 1.165) is 25.2 Å². The van der Waals surface area contributed by atoms with Gasteiger partial charge in [-0.05, 0) is 36.8 Å². The number of rotatable bonds is 26. The first kappa shape index (κ1) is 37.6. The summed E-state index contributed by atoms with van der Waals surface area (Å²) in [7, 11) is 0. The van der Waals surface area contributed by atoms with Gasteiger partial charge in [-0.15, -0.1) is 0 Å². The molecule has 0 amide bonds. The number of nitrogens with one attached hydrogen (secondary N) is 1. The first-order valence-corrected chi connectivity index (χ1v) is 16.4. The Bertz CT molecular complexity index is 1020. The van der Waals surface area contributed by atoms with Crippen LogP contribution in [0.2, 0.25) is 0 Å². The molecule has 9 heteroatoms. The molecule has 2 aromatic rings. The Labute approximate surface area is 262 Å². The van der Waals surface area contributed by atoms with Crippen LogP contribution in [0.1, 0.15) is 106 Å². The number of para-hydroxylation sites is 1. The van der Waals surface area contributed by atoms with Gasteiger partial charge < -0.3 is 24.3 Å². The number of carbonyl (C=O) groups is 1. The van der Waals surface area contributed by atoms with Crippen molar-refractivity contribution >= 4 is 17.3 Å². The molecule has 2 aromatic carbocycles. The SMILES string of the molecule is CCCCCCCCCCCCCCCOCCOCCOCCOC(=O)c1ccccc1Nc1cccc(C(F)(F)F)c1. The number of unbranched alkanes of at least 4 members (excludes halogenated alkanes) is 12. The summed E-state index contributed by atoms with van der Waals surface area (Å²) in [6, 6.07) is 11.3. The molecule has 0 aromatic heterocycles. The van der Waals surface area contributed by atoms with Crippen LogP contribution >= 0.6 is 0 Å². The first-order chi connectivity index (χ1) is 21.4. The number of alkyl halides is 3. The number of benzene rings is 2. The average molecular weight is 624 g/mol. The monoisotopic (exact) mass is 623 g/mol. The van der Waals surface area contributed by atoms with Crippen molar-refractivity contribution in [2.24, 2.45) is 0 Å². The van der Waals surface area contributed by atoms with Crippen molar-refractivity contribution in [1.82, 2.24) is 0 Å². The van der Waals surface area contributed by atoms with E-state index in [4.69, 9.17) is 18.9 Å². The number of esters is 1. The summed E-state index contributed by atoms with van der Waals surface area (Å²) in [5.41, 5.74) is 0.00382. The Hall–Kier alpha value is -2.62. The molecule has 0 aliphatic carbocycles. The Morgan fingerprint density at radius 3 is 1.75 bits per heavy atom. The minimum absolute atomic E-state index is 0.0406. The van der Waals surface area contributed by atoms with Gasteiger partial charge in [-0.3, -0.25) is 0 Å². The van der Waals surface area contributed by atoms with E-state index < -0.39 is 17.7 Å². The molecule has 0 saturated carbocycles. The van der Waals surface area contributed by atoms with Crippen molar-refractivity contribution in [1.29, 1.82) is 0 Å². The van der Waals surface area contributed by atoms with Crippen LogP contribution in [0.3, 0.4) is 0 Å². The molecule has 0 fully saturated rings. The molecule has 0 aliphatic rings. The van der Waals surface area contributed by atoms with E-state index in [9.17, 15) is 18.0 Å². The summed E-state index contributed by atoms with van der Waals surface area (Å²) in [6.45, 7) is 5.12. The first-order valence-electron chi connectivity index (χ1n) is 16.4. The van der Waals surface area contributed by atoms with Crippen molar-refractivity contribution in [2.75, 3.05) is 51.6 Å². The Morgan fingerprint density at radius 1 is 0.636 bits per heavy atom. The molecule has 248 valence electrons. The predicted molar refractivity (Wildman–Crippen MR) is 170 cm³/mol. The van der Waals surface area contributed by atoms with Crippen LogP contribution in [0, 0.1) is 0 Å². The summed E-state index contributed by atoms with van der Waals surface area (Å²) in [6.07, 6.45) is 12.9. The van der Waals surface area contributed by atoms with Crippen LogP contribution in [-0.2, 0) is 25.1 Å². The van der Waals surface area contributed by atoms with Crippen molar-refractivity contribution in [3.8, 4) is 0 Å². The lowest BCUT2D eigenvalue weighted by Gasteiger charge is -2.13. The van der Waals surface area contributed by atoms with E-state index in [1.165, 1.54) is 89.2 Å². The van der Waals surface area contributed by atoms with E-state index in [2.05, 4.69) is 12.2 Å². The molecule has 0 aliphatic heterocycles. The molecule has 0 bridgehead atoms. The quantitative estimate of drug-likeness (QED) is 0.0831. The smallest absolute Gasteiger partial charge is 0.416 e. The summed E-state index contributed by atoms with van der Waals surface area (Å²) in [5.74, 6) is -0.597. The van der Waals surface area contributed by atoms with E-state index in [0.29, 0.717) is 32.1 Å². The highest BCUT2D eigenvalue weighted by Crippen LogP contribution is 2.32. The lowest BCUT2D eigenvalue weighted by atomic mass is 10.0. The fourth-order valence-corrected chi connectivity index (χ4v) is 4.73. The van der Waals surface area contributed by atoms with Gasteiger partial charge in [-0.2, -0.15) is 13.2 Å². The highest BCUT2D eigenvalue weighted by molar-refractivity contribution is 5.96. The standard InChI is InChI=1S/C35H52F3NO5/c1-2-3-4-5-6-7-8-9-10-11-12-13-16-22-41-23-24-42-25-26-43-27-28-44-34(40)32-20-14-15-21-33(32)39-31-19-17-18-30(29-31)35(36,37)38/h14-15,17-21,29,39H,2-13,16,22-28H2,1H3. The number of ether oxygens (including phenoxy) is 4. The molecule has 2 rings (SSSR count). The Kier molecular flexibility index (Phi) is 20.3. The number of hydrogen-bond acceptors (Lipinski definition) is 6. The summed E-state index contributed by atoms with van der Waals surface area (Å²) in [4.78, 5) is 12.6. The maximum Gasteiger partial charge on any atom is 0.416 e. The second-order valence-electron chi connectivity index (χ2n) is 11.0. The third-order valence-electron chi connectivity index (χ3n) is 7.21. The lowest BCUT2D eigenvalue weighted by Crippen LogP contribution is -2.15. The largest absolute Gasteiger partial charge is 0.460 e. The summed E-state index contributed by atoms with van der Waals surface area (Å²) >= 11 is 0. The Morgan fingerprint density at radius 2 is 1.16 bits per heavy atom. The van der Waals surface area contributed by atoms with Crippen molar-refractivity contribution in [2.45, 2.75) is 96.6 Å². The number of carbonyl (C=O) groups excluding carboxylic acids is 1. The minimum Gasteiger partial charge on any atom is -0.460 e. The average Bonchev–Trinajstić information content (AvgIpc) is 3.01. The molecular formula is C35H52F3NO5. The fourth-order valence-electron chi connectivity index (χ4n) is 4.73. The van der Waals surface area contributed by atoms with Gasteiger partial charge in [0.25, 0.3) is 0 Å². The van der Waals surface area contributed by atoms with E-state index >= 15 is 0 Å². The Balaban J connectivity index is 1.42. The summed E-state index contributed by atoms with van der Waals surface area (Å²) in [5, 5.41) is 2.87. The highest BCUT2D eigenvalue weighted by atomic mass is 19.4. The van der Waals surface area contributed by atoms with Crippen molar-refractivity contribution in [3.63, 3.8) is 0 Å². The molecule has 0 spiro atoms. The van der Waals surface area contributed by atoms with Gasteiger partial charge in [0.1, 0.15) is 6.61 Å². The lowest BCUT2D eigenvalue weighted by molar-refractivity contribution is -0.137. The molecular weight excluding hydrogens is 571 g/mol. The fraction of sp³-hybridized carbons (Fsp3) is 0.629. The topological polar surface area (TPSA) is 66.0 Å². The van der Waals surface area contributed by atoms with Gasteiger partial charge in [0.2, 0.25) is 0 Å².